The maximum Gasteiger partial charge on any atom is 0.230 e. The quantitative estimate of drug-likeness (QED) is 0.516. The van der Waals surface area contributed by atoms with Gasteiger partial charge >= 0.3 is 0 Å². The van der Waals surface area contributed by atoms with Crippen LogP contribution in [0, 0.1) is 0 Å². The molecule has 2 heterocycles. The van der Waals surface area contributed by atoms with E-state index in [1.807, 2.05) is 48.7 Å². The van der Waals surface area contributed by atoms with Gasteiger partial charge in [-0.2, -0.15) is 0 Å². The van der Waals surface area contributed by atoms with Crippen LogP contribution in [0.2, 0.25) is 0 Å². The van der Waals surface area contributed by atoms with Crippen molar-refractivity contribution in [2.45, 2.75) is 39.2 Å². The van der Waals surface area contributed by atoms with Crippen LogP contribution in [0.5, 0.6) is 5.75 Å². The van der Waals surface area contributed by atoms with Crippen LogP contribution in [0.1, 0.15) is 37.4 Å². The first kappa shape index (κ1) is 21.5. The van der Waals surface area contributed by atoms with Gasteiger partial charge in [0, 0.05) is 17.6 Å². The summed E-state index contributed by atoms with van der Waals surface area (Å²) < 4.78 is 5.71. The topological polar surface area (TPSA) is 54.5 Å². The zero-order valence-corrected chi connectivity index (χ0v) is 18.8. The largest absolute Gasteiger partial charge is 0.493 e. The van der Waals surface area contributed by atoms with Crippen molar-refractivity contribution < 1.29 is 9.53 Å². The van der Waals surface area contributed by atoms with E-state index in [1.165, 1.54) is 36.2 Å². The molecule has 1 aliphatic heterocycles. The highest BCUT2D eigenvalue weighted by atomic mass is 32.1. The third kappa shape index (κ3) is 5.93. The van der Waals surface area contributed by atoms with Gasteiger partial charge in [0.15, 0.2) is 0 Å². The average molecular weight is 436 g/mol. The van der Waals surface area contributed by atoms with Gasteiger partial charge in [-0.3, -0.25) is 9.69 Å². The predicted molar refractivity (Wildman–Crippen MR) is 127 cm³/mol. The van der Waals surface area contributed by atoms with E-state index in [4.69, 9.17) is 4.74 Å². The maximum absolute atomic E-state index is 12.6. The van der Waals surface area contributed by atoms with Gasteiger partial charge in [-0.1, -0.05) is 30.7 Å². The number of benzene rings is 2. The Hall–Kier alpha value is -2.70. The third-order valence-corrected chi connectivity index (χ3v) is 6.30. The molecule has 2 aromatic carbocycles. The van der Waals surface area contributed by atoms with Crippen LogP contribution < -0.4 is 10.1 Å². The fourth-order valence-corrected chi connectivity index (χ4v) is 4.78. The number of para-hydroxylation sites is 1. The lowest BCUT2D eigenvalue weighted by atomic mass is 10.1. The van der Waals surface area contributed by atoms with Crippen molar-refractivity contribution in [3.05, 3.63) is 65.2 Å². The Morgan fingerprint density at radius 1 is 1.13 bits per heavy atom. The van der Waals surface area contributed by atoms with Crippen LogP contribution in [-0.4, -0.2) is 35.5 Å². The van der Waals surface area contributed by atoms with E-state index in [0.717, 1.165) is 47.3 Å². The lowest BCUT2D eigenvalue weighted by Crippen LogP contribution is -2.29. The molecular weight excluding hydrogens is 406 g/mol. The molecule has 6 heteroatoms. The smallest absolute Gasteiger partial charge is 0.230 e. The van der Waals surface area contributed by atoms with Crippen molar-refractivity contribution in [2.75, 3.05) is 25.0 Å². The second-order valence-corrected chi connectivity index (χ2v) is 8.69. The molecule has 31 heavy (non-hydrogen) atoms. The van der Waals surface area contributed by atoms with Crippen molar-refractivity contribution in [1.29, 1.82) is 0 Å². The number of anilines is 1. The molecule has 0 saturated carbocycles. The Labute approximate surface area is 188 Å². The Bertz CT molecular complexity index is 1010. The van der Waals surface area contributed by atoms with Gasteiger partial charge in [-0.15, -0.1) is 11.3 Å². The molecule has 1 saturated heterocycles. The summed E-state index contributed by atoms with van der Waals surface area (Å²) in [7, 11) is 0. The number of nitrogens with zero attached hydrogens (tertiary/aromatic N) is 2. The number of aromatic nitrogens is 1. The molecule has 1 aliphatic rings. The molecule has 0 radical (unpaired) electrons. The highest BCUT2D eigenvalue weighted by Crippen LogP contribution is 2.32. The summed E-state index contributed by atoms with van der Waals surface area (Å²) in [5.41, 5.74) is 3.82. The molecule has 3 aromatic rings. The van der Waals surface area contributed by atoms with Crippen LogP contribution in [0.25, 0.3) is 10.6 Å². The molecule has 1 N–H and O–H groups in total. The van der Waals surface area contributed by atoms with Gasteiger partial charge in [0.25, 0.3) is 0 Å². The number of ether oxygens (including phenoxy) is 1. The number of carbonyl (C=O) groups is 1. The number of thiazole rings is 1. The number of likely N-dealkylation sites (tertiary alicyclic amines) is 1. The molecule has 4 rings (SSSR count). The number of carbonyl (C=O) groups excluding carboxylic acids is 1. The fraction of sp³-hybridized carbons (Fsp3) is 0.360. The molecule has 162 valence electrons. The molecule has 1 amide bonds. The average Bonchev–Trinajstić information content (AvgIpc) is 3.23. The zero-order valence-electron chi connectivity index (χ0n) is 18.0. The van der Waals surface area contributed by atoms with Crippen LogP contribution in [0.15, 0.2) is 53.9 Å². The van der Waals surface area contributed by atoms with E-state index in [1.54, 1.807) is 0 Å². The van der Waals surface area contributed by atoms with Gasteiger partial charge in [0.1, 0.15) is 10.8 Å². The summed E-state index contributed by atoms with van der Waals surface area (Å²) in [5.74, 6) is 0.769. The minimum absolute atomic E-state index is 0.0509. The monoisotopic (exact) mass is 435 g/mol. The number of hydrogen-bond donors (Lipinski definition) is 1. The Balaban J connectivity index is 1.37. The van der Waals surface area contributed by atoms with Crippen molar-refractivity contribution in [2.24, 2.45) is 0 Å². The second kappa shape index (κ2) is 10.6. The summed E-state index contributed by atoms with van der Waals surface area (Å²) >= 11 is 1.54. The fourth-order valence-electron chi connectivity index (χ4n) is 3.93. The van der Waals surface area contributed by atoms with E-state index in [-0.39, 0.29) is 12.3 Å². The molecule has 0 atom stereocenters. The number of hydrogen-bond acceptors (Lipinski definition) is 5. The van der Waals surface area contributed by atoms with E-state index in [2.05, 4.69) is 27.3 Å². The van der Waals surface area contributed by atoms with Crippen LogP contribution in [-0.2, 0) is 17.8 Å². The van der Waals surface area contributed by atoms with E-state index >= 15 is 0 Å². The van der Waals surface area contributed by atoms with Crippen molar-refractivity contribution >= 4 is 22.9 Å². The van der Waals surface area contributed by atoms with Gasteiger partial charge in [0.2, 0.25) is 5.91 Å². The molecule has 1 aromatic heterocycles. The first-order chi connectivity index (χ1) is 15.2. The van der Waals surface area contributed by atoms with Crippen LogP contribution in [0.4, 0.5) is 5.69 Å². The summed E-state index contributed by atoms with van der Waals surface area (Å²) in [6.07, 6.45) is 4.15. The van der Waals surface area contributed by atoms with Crippen molar-refractivity contribution in [3.8, 4) is 16.3 Å². The predicted octanol–water partition coefficient (Wildman–Crippen LogP) is 5.38. The number of amides is 1. The standard InChI is InChI=1S/C25H29N3O2S/c1-2-30-23-12-5-4-11-22(23)25-27-21(18-31-25)16-24(29)26-20-10-8-9-19(15-20)17-28-13-6-3-7-14-28/h4-5,8-12,15,18H,2-3,6-7,13-14,16-17H2,1H3,(H,26,29). The molecule has 0 bridgehead atoms. The lowest BCUT2D eigenvalue weighted by molar-refractivity contribution is -0.115. The molecular formula is C25H29N3O2S. The SMILES string of the molecule is CCOc1ccccc1-c1nc(CC(=O)Nc2cccc(CN3CCCCC3)c2)cs1. The van der Waals surface area contributed by atoms with Crippen molar-refractivity contribution in [1.82, 2.24) is 9.88 Å². The zero-order chi connectivity index (χ0) is 21.5. The van der Waals surface area contributed by atoms with Gasteiger partial charge in [-0.05, 0) is 62.7 Å². The van der Waals surface area contributed by atoms with Gasteiger partial charge < -0.3 is 10.1 Å². The molecule has 0 aliphatic carbocycles. The first-order valence-corrected chi connectivity index (χ1v) is 11.9. The minimum atomic E-state index is -0.0509. The Kier molecular flexibility index (Phi) is 7.33. The first-order valence-electron chi connectivity index (χ1n) is 11.0. The number of piperidine rings is 1. The summed E-state index contributed by atoms with van der Waals surface area (Å²) in [6.45, 7) is 5.84. The van der Waals surface area contributed by atoms with Gasteiger partial charge in [-0.25, -0.2) is 4.98 Å². The second-order valence-electron chi connectivity index (χ2n) is 7.84. The maximum atomic E-state index is 12.6. The Morgan fingerprint density at radius 3 is 2.81 bits per heavy atom. The third-order valence-electron chi connectivity index (χ3n) is 5.38. The van der Waals surface area contributed by atoms with E-state index in [0.29, 0.717) is 6.61 Å². The minimum Gasteiger partial charge on any atom is -0.493 e. The lowest BCUT2D eigenvalue weighted by Gasteiger charge is -2.26. The molecule has 0 spiro atoms. The van der Waals surface area contributed by atoms with Gasteiger partial charge in [0.05, 0.1) is 24.3 Å². The summed E-state index contributed by atoms with van der Waals surface area (Å²) in [6, 6.07) is 16.1. The molecule has 1 fully saturated rings. The van der Waals surface area contributed by atoms with E-state index in [9.17, 15) is 4.79 Å². The van der Waals surface area contributed by atoms with Crippen molar-refractivity contribution in [3.63, 3.8) is 0 Å². The molecule has 5 nitrogen and oxygen atoms in total. The highest BCUT2D eigenvalue weighted by Gasteiger charge is 2.14. The highest BCUT2D eigenvalue weighted by molar-refractivity contribution is 7.13. The summed E-state index contributed by atoms with van der Waals surface area (Å²) in [5, 5.41) is 5.85. The van der Waals surface area contributed by atoms with Crippen LogP contribution in [0.3, 0.4) is 0 Å². The number of rotatable bonds is 8. The normalized spacial score (nSPS) is 14.4. The Morgan fingerprint density at radius 2 is 1.97 bits per heavy atom. The summed E-state index contributed by atoms with van der Waals surface area (Å²) in [4.78, 5) is 19.8. The van der Waals surface area contributed by atoms with E-state index < -0.39 is 0 Å². The number of nitrogens with one attached hydrogen (secondary N) is 1. The molecule has 0 unspecified atom stereocenters. The van der Waals surface area contributed by atoms with Crippen LogP contribution >= 0.6 is 11.3 Å².